The summed E-state index contributed by atoms with van der Waals surface area (Å²) in [7, 11) is 3.73. The number of hydrogen-bond acceptors (Lipinski definition) is 8. The highest BCUT2D eigenvalue weighted by atomic mass is 32.2. The molecule has 33 heavy (non-hydrogen) atoms. The van der Waals surface area contributed by atoms with E-state index >= 15 is 0 Å². The fourth-order valence-electron chi connectivity index (χ4n) is 4.90. The number of likely N-dealkylation sites (tertiary alicyclic amines) is 1. The molecule has 4 rings (SSSR count). The Morgan fingerprint density at radius 1 is 1.27 bits per heavy atom. The quantitative estimate of drug-likeness (QED) is 0.388. The molecule has 2 N–H and O–H groups in total. The lowest BCUT2D eigenvalue weighted by Crippen LogP contribution is -2.43. The minimum absolute atomic E-state index is 0.245. The van der Waals surface area contributed by atoms with Gasteiger partial charge >= 0.3 is 0 Å². The summed E-state index contributed by atoms with van der Waals surface area (Å²) in [5.41, 5.74) is 2.25. The normalized spacial score (nSPS) is 20.2. The number of rotatable bonds is 11. The second-order valence-electron chi connectivity index (χ2n) is 8.64. The first kappa shape index (κ1) is 24.4. The number of benzene rings is 1. The van der Waals surface area contributed by atoms with Crippen molar-refractivity contribution in [2.45, 2.75) is 29.6 Å². The number of aliphatic hydroxyl groups excluding tert-OH is 1. The molecule has 3 heterocycles. The maximum atomic E-state index is 10.1. The molecule has 1 aliphatic heterocycles. The van der Waals surface area contributed by atoms with E-state index in [-0.39, 0.29) is 12.6 Å². The lowest BCUT2D eigenvalue weighted by molar-refractivity contribution is 0.0696. The fraction of sp³-hybridized carbons (Fsp3) is 0.520. The monoisotopic (exact) mass is 486 g/mol. The number of fused-ring (bicyclic) bond motifs is 1. The van der Waals surface area contributed by atoms with E-state index < -0.39 is 0 Å². The molecule has 178 valence electrons. The Morgan fingerprint density at radius 2 is 2.18 bits per heavy atom. The number of hydrogen-bond donors (Lipinski definition) is 2. The lowest BCUT2D eigenvalue weighted by atomic mass is 9.81. The third kappa shape index (κ3) is 6.25. The molecule has 3 atom stereocenters. The van der Waals surface area contributed by atoms with Crippen LogP contribution in [0.4, 0.5) is 0 Å². The van der Waals surface area contributed by atoms with Gasteiger partial charge in [0.2, 0.25) is 0 Å². The Labute approximate surface area is 204 Å². The van der Waals surface area contributed by atoms with Gasteiger partial charge in [0.1, 0.15) is 10.1 Å². The molecule has 0 bridgehead atoms. The number of thiazole rings is 1. The largest absolute Gasteiger partial charge is 0.497 e. The molecule has 0 aliphatic carbocycles. The highest BCUT2D eigenvalue weighted by Gasteiger charge is 2.29. The van der Waals surface area contributed by atoms with E-state index in [1.165, 1.54) is 5.56 Å². The molecule has 0 radical (unpaired) electrons. The standard InChI is InChI=1S/C25H34N4O2S2/c1-26-23(21-7-9-27-24-6-4-20(31-2)15-22(21)24)5-3-18-8-11-29(16-19(18)17-30)12-14-33-25-28-10-13-32-25/h4,6-7,9-10,13,15,18-19,23,26,30H,3,5,8,11-12,14,16-17H2,1-2H3/t18-,19-,23-/m1/s1. The van der Waals surface area contributed by atoms with Gasteiger partial charge in [0.25, 0.3) is 0 Å². The zero-order valence-electron chi connectivity index (χ0n) is 19.4. The summed E-state index contributed by atoms with van der Waals surface area (Å²) in [6, 6.07) is 8.43. The molecule has 0 amide bonds. The Kier molecular flexibility index (Phi) is 8.97. The number of thioether (sulfide) groups is 1. The first-order chi connectivity index (χ1) is 16.2. The molecule has 3 aromatic rings. The van der Waals surface area contributed by atoms with Crippen LogP contribution in [0.25, 0.3) is 10.9 Å². The second kappa shape index (κ2) is 12.1. The molecule has 0 spiro atoms. The first-order valence-corrected chi connectivity index (χ1v) is 13.5. The predicted molar refractivity (Wildman–Crippen MR) is 137 cm³/mol. The summed E-state index contributed by atoms with van der Waals surface area (Å²) in [5, 5.41) is 16.8. The van der Waals surface area contributed by atoms with Gasteiger partial charge in [0.05, 0.1) is 12.6 Å². The molecule has 1 fully saturated rings. The number of methoxy groups -OCH3 is 1. The summed E-state index contributed by atoms with van der Waals surface area (Å²) in [4.78, 5) is 11.4. The number of piperidine rings is 1. The van der Waals surface area contributed by atoms with Gasteiger partial charge in [0, 0.05) is 54.7 Å². The Balaban J connectivity index is 1.34. The maximum Gasteiger partial charge on any atom is 0.149 e. The van der Waals surface area contributed by atoms with Crippen LogP contribution in [0, 0.1) is 11.8 Å². The number of nitrogens with zero attached hydrogens (tertiary/aromatic N) is 3. The third-order valence-electron chi connectivity index (χ3n) is 6.79. The van der Waals surface area contributed by atoms with Crippen LogP contribution in [0.1, 0.15) is 30.9 Å². The zero-order valence-corrected chi connectivity index (χ0v) is 21.1. The van der Waals surface area contributed by atoms with Gasteiger partial charge in [-0.25, -0.2) is 4.98 Å². The van der Waals surface area contributed by atoms with E-state index in [1.807, 2.05) is 48.7 Å². The van der Waals surface area contributed by atoms with Gasteiger partial charge < -0.3 is 20.1 Å². The molecular formula is C25H34N4O2S2. The molecule has 1 aromatic carbocycles. The SMILES string of the molecule is CN[C@H](CC[C@@H]1CCN(CCSc2nccs2)C[C@@H]1CO)c1ccnc2ccc(OC)cc12. The number of aliphatic hydroxyl groups is 1. The van der Waals surface area contributed by atoms with Gasteiger partial charge in [-0.15, -0.1) is 11.3 Å². The van der Waals surface area contributed by atoms with E-state index in [0.29, 0.717) is 11.8 Å². The highest BCUT2D eigenvalue weighted by Crippen LogP contribution is 2.33. The van der Waals surface area contributed by atoms with Crippen molar-refractivity contribution in [1.29, 1.82) is 0 Å². The Hall–Kier alpha value is -1.71. The average molecular weight is 487 g/mol. The van der Waals surface area contributed by atoms with E-state index in [4.69, 9.17) is 4.74 Å². The van der Waals surface area contributed by atoms with Gasteiger partial charge in [-0.3, -0.25) is 4.98 Å². The van der Waals surface area contributed by atoms with Gasteiger partial charge in [0.15, 0.2) is 0 Å². The highest BCUT2D eigenvalue weighted by molar-refractivity contribution is 8.01. The second-order valence-corrected chi connectivity index (χ2v) is 10.9. The smallest absolute Gasteiger partial charge is 0.149 e. The van der Waals surface area contributed by atoms with Crippen LogP contribution >= 0.6 is 23.1 Å². The van der Waals surface area contributed by atoms with Crippen molar-refractivity contribution in [3.05, 3.63) is 47.6 Å². The van der Waals surface area contributed by atoms with Crippen molar-refractivity contribution in [3.63, 3.8) is 0 Å². The Morgan fingerprint density at radius 3 is 2.94 bits per heavy atom. The van der Waals surface area contributed by atoms with Crippen molar-refractivity contribution in [3.8, 4) is 5.75 Å². The maximum absolute atomic E-state index is 10.1. The van der Waals surface area contributed by atoms with Crippen LogP contribution in [0.3, 0.4) is 0 Å². The van der Waals surface area contributed by atoms with E-state index in [2.05, 4.69) is 32.3 Å². The number of nitrogens with one attached hydrogen (secondary N) is 1. The molecule has 8 heteroatoms. The lowest BCUT2D eigenvalue weighted by Gasteiger charge is -2.38. The van der Waals surface area contributed by atoms with Crippen molar-refractivity contribution >= 4 is 34.0 Å². The van der Waals surface area contributed by atoms with Crippen LogP contribution < -0.4 is 10.1 Å². The number of pyridine rings is 1. The van der Waals surface area contributed by atoms with E-state index in [1.54, 1.807) is 18.4 Å². The van der Waals surface area contributed by atoms with Crippen LogP contribution in [0.2, 0.25) is 0 Å². The average Bonchev–Trinajstić information content (AvgIpc) is 3.38. The minimum Gasteiger partial charge on any atom is -0.497 e. The summed E-state index contributed by atoms with van der Waals surface area (Å²) < 4.78 is 6.59. The predicted octanol–water partition coefficient (Wildman–Crippen LogP) is 4.46. The zero-order chi connectivity index (χ0) is 23.0. The molecule has 2 aromatic heterocycles. The van der Waals surface area contributed by atoms with Crippen LogP contribution in [-0.2, 0) is 0 Å². The molecular weight excluding hydrogens is 452 g/mol. The van der Waals surface area contributed by atoms with Crippen molar-refractivity contribution in [2.75, 3.05) is 46.2 Å². The van der Waals surface area contributed by atoms with Crippen LogP contribution in [-0.4, -0.2) is 66.1 Å². The molecule has 6 nitrogen and oxygen atoms in total. The summed E-state index contributed by atoms with van der Waals surface area (Å²) in [6.07, 6.45) is 7.05. The summed E-state index contributed by atoms with van der Waals surface area (Å²) in [6.45, 7) is 3.41. The van der Waals surface area contributed by atoms with Crippen LogP contribution in [0.15, 0.2) is 46.4 Å². The molecule has 1 aliphatic rings. The van der Waals surface area contributed by atoms with Gasteiger partial charge in [-0.2, -0.15) is 0 Å². The van der Waals surface area contributed by atoms with Crippen molar-refractivity contribution < 1.29 is 9.84 Å². The molecule has 0 unspecified atom stereocenters. The van der Waals surface area contributed by atoms with Gasteiger partial charge in [-0.1, -0.05) is 11.8 Å². The van der Waals surface area contributed by atoms with E-state index in [0.717, 1.165) is 65.6 Å². The first-order valence-electron chi connectivity index (χ1n) is 11.7. The van der Waals surface area contributed by atoms with Crippen molar-refractivity contribution in [1.82, 2.24) is 20.2 Å². The van der Waals surface area contributed by atoms with Crippen LogP contribution in [0.5, 0.6) is 5.75 Å². The Bertz CT molecular complexity index is 1000. The van der Waals surface area contributed by atoms with Gasteiger partial charge in [-0.05, 0) is 74.5 Å². The number of aromatic nitrogens is 2. The summed E-state index contributed by atoms with van der Waals surface area (Å²) in [5.74, 6) is 2.80. The summed E-state index contributed by atoms with van der Waals surface area (Å²) >= 11 is 3.53. The fourth-order valence-corrected chi connectivity index (χ4v) is 6.61. The minimum atomic E-state index is 0.245. The third-order valence-corrected chi connectivity index (χ3v) is 8.73. The molecule has 0 saturated carbocycles. The number of ether oxygens (including phenoxy) is 1. The van der Waals surface area contributed by atoms with Crippen molar-refractivity contribution in [2.24, 2.45) is 11.8 Å². The molecule has 1 saturated heterocycles. The van der Waals surface area contributed by atoms with E-state index in [9.17, 15) is 5.11 Å². The topological polar surface area (TPSA) is 70.5 Å².